The van der Waals surface area contributed by atoms with Gasteiger partial charge in [0.1, 0.15) is 0 Å². The summed E-state index contributed by atoms with van der Waals surface area (Å²) in [4.78, 5) is 0. The number of rotatable bonds is 0. The van der Waals surface area contributed by atoms with Gasteiger partial charge in [-0.2, -0.15) is 0 Å². The Labute approximate surface area is 74.8 Å². The van der Waals surface area contributed by atoms with Crippen LogP contribution in [0.25, 0.3) is 0 Å². The van der Waals surface area contributed by atoms with Crippen LogP contribution in [0, 0.1) is 0 Å². The van der Waals surface area contributed by atoms with E-state index in [1.54, 1.807) is 0 Å². The second-order valence-corrected chi connectivity index (χ2v) is 0. The minimum atomic E-state index is 0. The van der Waals surface area contributed by atoms with Crippen LogP contribution in [-0.4, -0.2) is 0 Å². The van der Waals surface area contributed by atoms with Crippen molar-refractivity contribution in [2.75, 3.05) is 0 Å². The Kier molecular flexibility index (Phi) is 897. The van der Waals surface area contributed by atoms with Gasteiger partial charge in [-0.15, -0.1) is 0 Å². The molecular weight excluding hydrogens is 95.1 g/mol. The molecule has 0 heterocycles. The Balaban J connectivity index is 0. The molecule has 0 saturated carbocycles. The average molecular weight is 107 g/mol. The predicted octanol–water partition coefficient (Wildman–Crippen LogP) is -2.35. The fourth-order valence-electron chi connectivity index (χ4n) is 0. The van der Waals surface area contributed by atoms with E-state index in [0.29, 0.717) is 0 Å². The van der Waals surface area contributed by atoms with Crippen LogP contribution in [0.2, 0.25) is 0 Å². The maximum absolute atomic E-state index is 0. The van der Waals surface area contributed by atoms with Gasteiger partial charge >= 0.3 is 51.4 Å². The molecule has 0 saturated heterocycles. The minimum absolute atomic E-state index is 0. The first kappa shape index (κ1) is 89.1. The van der Waals surface area contributed by atoms with Gasteiger partial charge in [0.15, 0.2) is 0 Å². The van der Waals surface area contributed by atoms with Crippen molar-refractivity contribution in [2.45, 2.75) is 0 Å². The minimum Gasteiger partial charge on any atom is -0.344 e. The van der Waals surface area contributed by atoms with Crippen molar-refractivity contribution < 1.29 is 51.4 Å². The van der Waals surface area contributed by atoms with Crippen molar-refractivity contribution in [3.05, 3.63) is 0 Å². The third-order valence-corrected chi connectivity index (χ3v) is 0. The summed E-state index contributed by atoms with van der Waals surface area (Å²) < 4.78 is 0. The van der Waals surface area contributed by atoms with Crippen LogP contribution >= 0.6 is 0 Å². The molecule has 5 heteroatoms. The molecule has 0 aliphatic rings. The van der Waals surface area contributed by atoms with E-state index < -0.39 is 0 Å². The predicted molar refractivity (Wildman–Crippen MR) is 20.1 cm³/mol. The summed E-state index contributed by atoms with van der Waals surface area (Å²) in [5.74, 6) is 0. The molecule has 0 aromatic rings. The van der Waals surface area contributed by atoms with E-state index in [2.05, 4.69) is 0 Å². The van der Waals surface area contributed by atoms with Crippen molar-refractivity contribution >= 4 is 0 Å². The van der Waals surface area contributed by atoms with Crippen molar-refractivity contribution in [1.29, 1.82) is 0 Å². The zero-order valence-corrected chi connectivity index (χ0v) is 6.95. The van der Waals surface area contributed by atoms with Gasteiger partial charge in [-0.3, -0.25) is 0 Å². The molecule has 0 amide bonds. The van der Waals surface area contributed by atoms with Crippen LogP contribution in [0.1, 0.15) is 0 Å². The third-order valence-electron chi connectivity index (χ3n) is 0. The first-order valence-corrected chi connectivity index (χ1v) is 0. The molecule has 0 atom stereocenters. The molecule has 12 N–H and O–H groups in total. The number of hydrogen-bond acceptors (Lipinski definition) is 4. The summed E-state index contributed by atoms with van der Waals surface area (Å²) in [5, 5.41) is 0. The van der Waals surface area contributed by atoms with Gasteiger partial charge in [-0.25, -0.2) is 0 Å². The molecule has 0 fully saturated rings. The van der Waals surface area contributed by atoms with Crippen LogP contribution in [0.5, 0.6) is 0 Å². The van der Waals surface area contributed by atoms with E-state index in [1.807, 2.05) is 0 Å². The van der Waals surface area contributed by atoms with E-state index in [9.17, 15) is 0 Å². The molecule has 0 radical (unpaired) electrons. The monoisotopic (exact) mass is 107 g/mol. The fraction of sp³-hybridized carbons (Fsp3) is 0. The van der Waals surface area contributed by atoms with Crippen molar-refractivity contribution in [3.8, 4) is 0 Å². The zero-order chi connectivity index (χ0) is 0. The van der Waals surface area contributed by atoms with Crippen molar-refractivity contribution in [2.24, 2.45) is 0 Å². The smallest absolute Gasteiger partial charge is 0.344 e. The third kappa shape index (κ3) is 30.4. The maximum Gasteiger partial charge on any atom is 1.00 e. The molecule has 4 nitrogen and oxygen atoms in total. The molecule has 0 aromatic heterocycles. The van der Waals surface area contributed by atoms with Gasteiger partial charge in [0.25, 0.3) is 0 Å². The first-order chi connectivity index (χ1) is 0. The number of hydrogen-bond donors (Lipinski definition) is 4. The van der Waals surface area contributed by atoms with Crippen LogP contribution in [0.4, 0.5) is 0 Å². The Bertz CT molecular complexity index is 3.61. The summed E-state index contributed by atoms with van der Waals surface area (Å²) in [6.45, 7) is 0. The summed E-state index contributed by atoms with van der Waals surface area (Å²) >= 11 is 0. The molecule has 0 aliphatic heterocycles. The molecule has 0 aliphatic carbocycles. The Morgan fingerprint density at radius 3 is 0.400 bits per heavy atom. The molecule has 0 unspecified atom stereocenters. The van der Waals surface area contributed by atoms with Crippen LogP contribution in [0.3, 0.4) is 0 Å². The van der Waals surface area contributed by atoms with E-state index >= 15 is 0 Å². The fourth-order valence-corrected chi connectivity index (χ4v) is 0. The van der Waals surface area contributed by atoms with E-state index in [4.69, 9.17) is 0 Å². The molecule has 0 rings (SSSR count). The topological polar surface area (TPSA) is 140 Å². The summed E-state index contributed by atoms with van der Waals surface area (Å²) in [5.41, 5.74) is 0. The van der Waals surface area contributed by atoms with Crippen molar-refractivity contribution in [1.82, 2.24) is 24.6 Å². The Hall–Kier alpha value is 1.48. The Morgan fingerprint density at radius 2 is 0.400 bits per heavy atom. The van der Waals surface area contributed by atoms with Crippen molar-refractivity contribution in [3.63, 3.8) is 0 Å². The molecule has 0 bridgehead atoms. The van der Waals surface area contributed by atoms with Crippen LogP contribution < -0.4 is 76.0 Å². The van der Waals surface area contributed by atoms with Gasteiger partial charge in [0, 0.05) is 0 Å². The van der Waals surface area contributed by atoms with Gasteiger partial charge in [-0.05, 0) is 0 Å². The van der Waals surface area contributed by atoms with Gasteiger partial charge in [-0.1, -0.05) is 0 Å². The molecular formula is H12KN4+. The summed E-state index contributed by atoms with van der Waals surface area (Å²) in [7, 11) is 0. The molecule has 0 aromatic carbocycles. The standard InChI is InChI=1S/K.4H3N/h;4*1H3/q+1;;;;. The van der Waals surface area contributed by atoms with E-state index in [0.717, 1.165) is 0 Å². The van der Waals surface area contributed by atoms with Gasteiger partial charge in [0.2, 0.25) is 0 Å². The second-order valence-electron chi connectivity index (χ2n) is 0. The van der Waals surface area contributed by atoms with E-state index in [1.165, 1.54) is 0 Å². The molecule has 0 spiro atoms. The van der Waals surface area contributed by atoms with Crippen LogP contribution in [-0.2, 0) is 0 Å². The molecule has 5 heavy (non-hydrogen) atoms. The quantitative estimate of drug-likeness (QED) is 0.257. The van der Waals surface area contributed by atoms with Gasteiger partial charge < -0.3 is 24.6 Å². The molecule has 32 valence electrons. The summed E-state index contributed by atoms with van der Waals surface area (Å²) in [6.07, 6.45) is 0. The largest absolute Gasteiger partial charge is 1.00 e. The Morgan fingerprint density at radius 1 is 0.400 bits per heavy atom. The zero-order valence-electron chi connectivity index (χ0n) is 3.83. The summed E-state index contributed by atoms with van der Waals surface area (Å²) in [6, 6.07) is 0. The average Bonchev–Trinajstić information content (AvgIpc) is 0. The van der Waals surface area contributed by atoms with Crippen LogP contribution in [0.15, 0.2) is 0 Å². The second kappa shape index (κ2) is 50.3. The first-order valence-electron chi connectivity index (χ1n) is 0. The van der Waals surface area contributed by atoms with E-state index in [-0.39, 0.29) is 76.0 Å². The van der Waals surface area contributed by atoms with Gasteiger partial charge in [0.05, 0.1) is 0 Å². The maximum atomic E-state index is 0. The normalized spacial score (nSPS) is 0. The SMILES string of the molecule is N.N.N.N.[K+].